The second kappa shape index (κ2) is 13.1. The highest BCUT2D eigenvalue weighted by Gasteiger charge is 2.09. The van der Waals surface area contributed by atoms with Crippen LogP contribution in [-0.2, 0) is 11.2 Å². The van der Waals surface area contributed by atoms with Gasteiger partial charge in [-0.1, -0.05) is 12.1 Å². The summed E-state index contributed by atoms with van der Waals surface area (Å²) < 4.78 is 5.37. The predicted octanol–water partition coefficient (Wildman–Crippen LogP) is 2.19. The molecule has 1 aliphatic rings. The molecule has 0 aliphatic carbocycles. The summed E-state index contributed by atoms with van der Waals surface area (Å²) in [5.41, 5.74) is 1.28. The molecule has 1 heterocycles. The minimum atomic E-state index is -0.365. The summed E-state index contributed by atoms with van der Waals surface area (Å²) in [4.78, 5) is 17.4. The molecule has 2 N–H and O–H groups in total. The van der Waals surface area contributed by atoms with Gasteiger partial charge in [-0.15, -0.1) is 0 Å². The zero-order valence-corrected chi connectivity index (χ0v) is 16.9. The number of benzene rings is 1. The Kier molecular flexibility index (Phi) is 10.3. The Bertz CT molecular complexity index is 600. The van der Waals surface area contributed by atoms with Crippen molar-refractivity contribution < 1.29 is 9.66 Å². The molecular formula is C20H33N5O3. The highest BCUT2D eigenvalue weighted by molar-refractivity contribution is 5.79. The van der Waals surface area contributed by atoms with Crippen LogP contribution in [0.3, 0.4) is 0 Å². The number of aryl methyl sites for hydroxylation is 1. The van der Waals surface area contributed by atoms with Gasteiger partial charge in [0.05, 0.1) is 18.1 Å². The first-order valence-electron chi connectivity index (χ1n) is 10.2. The van der Waals surface area contributed by atoms with E-state index in [1.807, 2.05) is 12.1 Å². The number of nitro benzene ring substituents is 1. The maximum Gasteiger partial charge on any atom is 0.269 e. The average molecular weight is 392 g/mol. The van der Waals surface area contributed by atoms with Gasteiger partial charge in [-0.3, -0.25) is 20.0 Å². The van der Waals surface area contributed by atoms with Crippen molar-refractivity contribution in [2.24, 2.45) is 4.99 Å². The molecule has 8 heteroatoms. The fourth-order valence-corrected chi connectivity index (χ4v) is 3.10. The van der Waals surface area contributed by atoms with Crippen LogP contribution in [0.1, 0.15) is 31.7 Å². The molecule has 8 nitrogen and oxygen atoms in total. The van der Waals surface area contributed by atoms with E-state index in [1.165, 1.54) is 0 Å². The minimum Gasteiger partial charge on any atom is -0.379 e. The molecule has 1 aromatic carbocycles. The van der Waals surface area contributed by atoms with Crippen molar-refractivity contribution in [3.63, 3.8) is 0 Å². The van der Waals surface area contributed by atoms with Gasteiger partial charge in [0.25, 0.3) is 5.69 Å². The van der Waals surface area contributed by atoms with Crippen LogP contribution in [0.15, 0.2) is 29.3 Å². The van der Waals surface area contributed by atoms with Crippen molar-refractivity contribution in [3.05, 3.63) is 39.9 Å². The number of non-ortho nitro benzene ring substituents is 1. The Morgan fingerprint density at radius 3 is 2.61 bits per heavy atom. The second-order valence-electron chi connectivity index (χ2n) is 6.88. The van der Waals surface area contributed by atoms with Crippen LogP contribution in [0.5, 0.6) is 0 Å². The molecule has 1 fully saturated rings. The zero-order chi connectivity index (χ0) is 20.0. The summed E-state index contributed by atoms with van der Waals surface area (Å²) >= 11 is 0. The molecule has 0 spiro atoms. The van der Waals surface area contributed by atoms with Crippen LogP contribution in [0.2, 0.25) is 0 Å². The largest absolute Gasteiger partial charge is 0.379 e. The van der Waals surface area contributed by atoms with Crippen molar-refractivity contribution in [2.75, 3.05) is 52.5 Å². The van der Waals surface area contributed by atoms with Gasteiger partial charge < -0.3 is 15.4 Å². The molecule has 0 aromatic heterocycles. The van der Waals surface area contributed by atoms with Gasteiger partial charge in [0.1, 0.15) is 0 Å². The molecule has 156 valence electrons. The SMILES string of the molecule is CCNC(=NCCCN1CCOCC1)NCCCCc1ccc([N+](=O)[O-])cc1. The molecule has 0 saturated carbocycles. The summed E-state index contributed by atoms with van der Waals surface area (Å²) in [5.74, 6) is 0.875. The number of aliphatic imine (C=N–C) groups is 1. The van der Waals surface area contributed by atoms with E-state index >= 15 is 0 Å². The summed E-state index contributed by atoms with van der Waals surface area (Å²) in [6.07, 6.45) is 4.03. The highest BCUT2D eigenvalue weighted by Crippen LogP contribution is 2.13. The van der Waals surface area contributed by atoms with Gasteiger partial charge in [0.15, 0.2) is 5.96 Å². The number of nitrogens with zero attached hydrogens (tertiary/aromatic N) is 3. The van der Waals surface area contributed by atoms with Crippen molar-refractivity contribution >= 4 is 11.6 Å². The lowest BCUT2D eigenvalue weighted by atomic mass is 10.1. The number of nitro groups is 1. The standard InChI is InChI=1S/C20H33N5O3/c1-2-21-20(23-12-5-13-24-14-16-28-17-15-24)22-11-4-3-6-18-7-9-19(10-8-18)25(26)27/h7-10H,2-6,11-17H2,1H3,(H2,21,22,23). The first kappa shape index (κ1) is 22.1. The number of hydrogen-bond acceptors (Lipinski definition) is 5. The van der Waals surface area contributed by atoms with Crippen LogP contribution in [0.25, 0.3) is 0 Å². The summed E-state index contributed by atoms with van der Waals surface area (Å²) in [6, 6.07) is 6.82. The van der Waals surface area contributed by atoms with Crippen molar-refractivity contribution in [3.8, 4) is 0 Å². The highest BCUT2D eigenvalue weighted by atomic mass is 16.6. The van der Waals surface area contributed by atoms with Crippen LogP contribution in [0.4, 0.5) is 5.69 Å². The Labute approximate surface area is 167 Å². The van der Waals surface area contributed by atoms with Gasteiger partial charge in [-0.05, 0) is 38.2 Å². The van der Waals surface area contributed by atoms with Gasteiger partial charge in [-0.25, -0.2) is 0 Å². The molecule has 1 saturated heterocycles. The van der Waals surface area contributed by atoms with Gasteiger partial charge >= 0.3 is 0 Å². The smallest absolute Gasteiger partial charge is 0.269 e. The molecule has 28 heavy (non-hydrogen) atoms. The van der Waals surface area contributed by atoms with E-state index in [0.29, 0.717) is 0 Å². The van der Waals surface area contributed by atoms with E-state index in [4.69, 9.17) is 4.74 Å². The summed E-state index contributed by atoms with van der Waals surface area (Å²) in [7, 11) is 0. The molecule has 0 amide bonds. The molecule has 0 atom stereocenters. The van der Waals surface area contributed by atoms with Crippen LogP contribution in [0, 0.1) is 10.1 Å². The van der Waals surface area contributed by atoms with Crippen molar-refractivity contribution in [2.45, 2.75) is 32.6 Å². The molecule has 0 radical (unpaired) electrons. The molecular weight excluding hydrogens is 358 g/mol. The number of unbranched alkanes of at least 4 members (excludes halogenated alkanes) is 1. The summed E-state index contributed by atoms with van der Waals surface area (Å²) in [5, 5.41) is 17.3. The van der Waals surface area contributed by atoms with Crippen molar-refractivity contribution in [1.29, 1.82) is 0 Å². The summed E-state index contributed by atoms with van der Waals surface area (Å²) in [6.45, 7) is 9.39. The lowest BCUT2D eigenvalue weighted by Gasteiger charge is -2.26. The average Bonchev–Trinajstić information content (AvgIpc) is 2.72. The quantitative estimate of drug-likeness (QED) is 0.198. The lowest BCUT2D eigenvalue weighted by molar-refractivity contribution is -0.384. The van der Waals surface area contributed by atoms with Crippen LogP contribution >= 0.6 is 0 Å². The lowest BCUT2D eigenvalue weighted by Crippen LogP contribution is -2.38. The third kappa shape index (κ3) is 8.67. The normalized spacial score (nSPS) is 15.4. The predicted molar refractivity (Wildman–Crippen MR) is 112 cm³/mol. The fourth-order valence-electron chi connectivity index (χ4n) is 3.10. The first-order chi connectivity index (χ1) is 13.7. The van der Waals surface area contributed by atoms with Crippen LogP contribution in [-0.4, -0.2) is 68.3 Å². The first-order valence-corrected chi connectivity index (χ1v) is 10.2. The van der Waals surface area contributed by atoms with Crippen LogP contribution < -0.4 is 10.6 Å². The maximum absolute atomic E-state index is 10.7. The Hall–Kier alpha value is -2.19. The molecule has 1 aliphatic heterocycles. The Morgan fingerprint density at radius 1 is 1.18 bits per heavy atom. The molecule has 2 rings (SSSR count). The third-order valence-corrected chi connectivity index (χ3v) is 4.68. The van der Waals surface area contributed by atoms with E-state index in [0.717, 1.165) is 89.7 Å². The van der Waals surface area contributed by atoms with Crippen molar-refractivity contribution in [1.82, 2.24) is 15.5 Å². The van der Waals surface area contributed by atoms with E-state index in [2.05, 4.69) is 27.4 Å². The Balaban J connectivity index is 1.60. The number of hydrogen-bond donors (Lipinski definition) is 2. The zero-order valence-electron chi connectivity index (χ0n) is 16.9. The number of morpholine rings is 1. The molecule has 1 aromatic rings. The topological polar surface area (TPSA) is 92.0 Å². The monoisotopic (exact) mass is 391 g/mol. The fraction of sp³-hybridized carbons (Fsp3) is 0.650. The van der Waals surface area contributed by atoms with E-state index in [1.54, 1.807) is 12.1 Å². The second-order valence-corrected chi connectivity index (χ2v) is 6.88. The third-order valence-electron chi connectivity index (χ3n) is 4.68. The molecule has 0 bridgehead atoms. The van der Waals surface area contributed by atoms with E-state index in [9.17, 15) is 10.1 Å². The number of rotatable bonds is 11. The maximum atomic E-state index is 10.7. The molecule has 0 unspecified atom stereocenters. The minimum absolute atomic E-state index is 0.144. The number of nitrogens with one attached hydrogen (secondary N) is 2. The number of guanidine groups is 1. The Morgan fingerprint density at radius 2 is 1.93 bits per heavy atom. The van der Waals surface area contributed by atoms with Gasteiger partial charge in [0.2, 0.25) is 0 Å². The number of ether oxygens (including phenoxy) is 1. The van der Waals surface area contributed by atoms with E-state index in [-0.39, 0.29) is 10.6 Å². The van der Waals surface area contributed by atoms with E-state index < -0.39 is 0 Å². The van der Waals surface area contributed by atoms with Gasteiger partial charge in [0, 0.05) is 51.4 Å². The van der Waals surface area contributed by atoms with Gasteiger partial charge in [-0.2, -0.15) is 0 Å².